The third kappa shape index (κ3) is 5.53. The number of carboxylic acid groups (broad SMARTS) is 1. The van der Waals surface area contributed by atoms with Crippen LogP contribution in [0, 0.1) is 5.92 Å². The number of aromatic nitrogens is 4. The number of hydrogen-bond donors (Lipinski definition) is 3. The van der Waals surface area contributed by atoms with Crippen LogP contribution in [0.1, 0.15) is 36.7 Å². The first-order valence-electron chi connectivity index (χ1n) is 10.5. The van der Waals surface area contributed by atoms with Crippen LogP contribution >= 0.6 is 0 Å². The number of aromatic carboxylic acids is 1. The summed E-state index contributed by atoms with van der Waals surface area (Å²) >= 11 is 0. The zero-order chi connectivity index (χ0) is 23.4. The topological polar surface area (TPSA) is 142 Å². The SMILES string of the molecule is CC1=CCC(Cn2c(=O)[nH]c(=O)[nH]/c2=N\c2ccc(Oc3cccc(C(=O)O)n3)cc2)CC1. The van der Waals surface area contributed by atoms with E-state index < -0.39 is 17.3 Å². The number of ether oxygens (including phenoxy) is 1. The summed E-state index contributed by atoms with van der Waals surface area (Å²) in [6.07, 6.45) is 5.02. The maximum Gasteiger partial charge on any atom is 0.354 e. The van der Waals surface area contributed by atoms with Gasteiger partial charge in [-0.3, -0.25) is 14.5 Å². The van der Waals surface area contributed by atoms with E-state index >= 15 is 0 Å². The van der Waals surface area contributed by atoms with Gasteiger partial charge in [-0.1, -0.05) is 17.7 Å². The molecule has 10 nitrogen and oxygen atoms in total. The Balaban J connectivity index is 1.59. The van der Waals surface area contributed by atoms with Crippen LogP contribution in [-0.2, 0) is 6.54 Å². The van der Waals surface area contributed by atoms with Crippen molar-refractivity contribution >= 4 is 11.7 Å². The van der Waals surface area contributed by atoms with E-state index in [-0.39, 0.29) is 23.1 Å². The molecule has 0 bridgehead atoms. The normalized spacial score (nSPS) is 16.3. The van der Waals surface area contributed by atoms with Gasteiger partial charge in [0.2, 0.25) is 11.5 Å². The third-order valence-corrected chi connectivity index (χ3v) is 5.37. The fraction of sp³-hybridized carbons (Fsp3) is 0.261. The predicted octanol–water partition coefficient (Wildman–Crippen LogP) is 2.73. The molecule has 0 spiro atoms. The molecule has 0 saturated carbocycles. The van der Waals surface area contributed by atoms with Gasteiger partial charge in [0.25, 0.3) is 0 Å². The smallest absolute Gasteiger partial charge is 0.354 e. The second-order valence-corrected chi connectivity index (χ2v) is 7.88. The highest BCUT2D eigenvalue weighted by molar-refractivity contribution is 5.85. The molecular formula is C23H23N5O5. The number of aromatic amines is 2. The Hall–Kier alpha value is -4.21. The fourth-order valence-corrected chi connectivity index (χ4v) is 3.58. The summed E-state index contributed by atoms with van der Waals surface area (Å²) in [7, 11) is 0. The number of pyridine rings is 1. The Morgan fingerprint density at radius 1 is 1.21 bits per heavy atom. The molecule has 0 fully saturated rings. The summed E-state index contributed by atoms with van der Waals surface area (Å²) < 4.78 is 7.06. The van der Waals surface area contributed by atoms with Crippen molar-refractivity contribution in [3.05, 3.63) is 86.4 Å². The van der Waals surface area contributed by atoms with Crippen molar-refractivity contribution in [2.24, 2.45) is 10.9 Å². The number of rotatable bonds is 6. The Morgan fingerprint density at radius 2 is 2.00 bits per heavy atom. The summed E-state index contributed by atoms with van der Waals surface area (Å²) in [4.78, 5) is 48.6. The molecule has 0 saturated heterocycles. The molecule has 33 heavy (non-hydrogen) atoms. The van der Waals surface area contributed by atoms with Gasteiger partial charge in [-0.25, -0.2) is 24.4 Å². The van der Waals surface area contributed by atoms with E-state index in [1.165, 1.54) is 16.2 Å². The van der Waals surface area contributed by atoms with Gasteiger partial charge in [0.05, 0.1) is 5.69 Å². The molecule has 1 aliphatic rings. The summed E-state index contributed by atoms with van der Waals surface area (Å²) in [5.74, 6) is -0.285. The summed E-state index contributed by atoms with van der Waals surface area (Å²) in [5.41, 5.74) is 0.768. The maximum absolute atomic E-state index is 12.5. The molecule has 0 amide bonds. The second kappa shape index (κ2) is 9.51. The van der Waals surface area contributed by atoms with Crippen LogP contribution in [0.3, 0.4) is 0 Å². The van der Waals surface area contributed by atoms with Crippen LogP contribution < -0.4 is 21.7 Å². The average Bonchev–Trinajstić information content (AvgIpc) is 2.79. The molecule has 3 aromatic rings. The minimum absolute atomic E-state index is 0.120. The Bertz CT molecular complexity index is 1380. The first kappa shape index (κ1) is 22.0. The van der Waals surface area contributed by atoms with Crippen molar-refractivity contribution in [1.82, 2.24) is 19.5 Å². The van der Waals surface area contributed by atoms with E-state index in [1.54, 1.807) is 36.4 Å². The number of nitrogens with one attached hydrogen (secondary N) is 2. The molecule has 10 heteroatoms. The standard InChI is InChI=1S/C23H23N5O5/c1-14-5-7-15(8-6-14)13-28-21(26-22(31)27-23(28)32)24-16-9-11-17(12-10-16)33-19-4-2-3-18(25-19)20(29)30/h2-5,9-12,15H,6-8,13H2,1H3,(H,29,30)(H2,24,26,27,31,32). The lowest BCUT2D eigenvalue weighted by Crippen LogP contribution is -2.45. The van der Waals surface area contributed by atoms with Crippen molar-refractivity contribution in [3.8, 4) is 11.6 Å². The lowest BCUT2D eigenvalue weighted by molar-refractivity contribution is 0.0689. The van der Waals surface area contributed by atoms with Crippen molar-refractivity contribution in [3.63, 3.8) is 0 Å². The molecule has 1 unspecified atom stereocenters. The van der Waals surface area contributed by atoms with Crippen LogP contribution in [0.25, 0.3) is 0 Å². The molecule has 1 aromatic carbocycles. The van der Waals surface area contributed by atoms with Gasteiger partial charge in [0.1, 0.15) is 5.75 Å². The molecular weight excluding hydrogens is 426 g/mol. The molecule has 0 aliphatic heterocycles. The van der Waals surface area contributed by atoms with E-state index in [0.717, 1.165) is 19.3 Å². The zero-order valence-corrected chi connectivity index (χ0v) is 17.9. The largest absolute Gasteiger partial charge is 0.477 e. The van der Waals surface area contributed by atoms with Gasteiger partial charge in [-0.2, -0.15) is 0 Å². The number of benzene rings is 1. The van der Waals surface area contributed by atoms with Gasteiger partial charge in [0, 0.05) is 12.6 Å². The summed E-state index contributed by atoms with van der Waals surface area (Å²) in [5, 5.41) is 9.04. The van der Waals surface area contributed by atoms with Gasteiger partial charge in [-0.15, -0.1) is 0 Å². The van der Waals surface area contributed by atoms with E-state index in [0.29, 0.717) is 18.0 Å². The van der Waals surface area contributed by atoms with Gasteiger partial charge >= 0.3 is 17.3 Å². The number of nitrogens with zero attached hydrogens (tertiary/aromatic N) is 3. The number of allylic oxidation sites excluding steroid dienone is 2. The van der Waals surface area contributed by atoms with Gasteiger partial charge < -0.3 is 9.84 Å². The molecule has 1 aliphatic carbocycles. The number of H-pyrrole nitrogens is 2. The second-order valence-electron chi connectivity index (χ2n) is 7.88. The Kier molecular flexibility index (Phi) is 6.34. The quantitative estimate of drug-likeness (QED) is 0.494. The number of carboxylic acids is 1. The lowest BCUT2D eigenvalue weighted by Gasteiger charge is -2.20. The van der Waals surface area contributed by atoms with Gasteiger partial charge in [-0.05, 0) is 62.4 Å². The van der Waals surface area contributed by atoms with E-state index in [2.05, 4.69) is 32.9 Å². The van der Waals surface area contributed by atoms with Crippen LogP contribution in [0.15, 0.2) is 68.7 Å². The minimum Gasteiger partial charge on any atom is -0.477 e. The molecule has 2 heterocycles. The van der Waals surface area contributed by atoms with Gasteiger partial charge in [0.15, 0.2) is 5.69 Å². The molecule has 3 N–H and O–H groups in total. The highest BCUT2D eigenvalue weighted by Crippen LogP contribution is 2.24. The van der Waals surface area contributed by atoms with E-state index in [9.17, 15) is 14.4 Å². The van der Waals surface area contributed by atoms with Crippen molar-refractivity contribution in [1.29, 1.82) is 0 Å². The number of hydrogen-bond acceptors (Lipinski definition) is 6. The van der Waals surface area contributed by atoms with Crippen LogP contribution in [0.4, 0.5) is 5.69 Å². The first-order chi connectivity index (χ1) is 15.9. The highest BCUT2D eigenvalue weighted by atomic mass is 16.5. The van der Waals surface area contributed by atoms with E-state index in [4.69, 9.17) is 9.84 Å². The van der Waals surface area contributed by atoms with E-state index in [1.807, 2.05) is 0 Å². The molecule has 4 rings (SSSR count). The predicted molar refractivity (Wildman–Crippen MR) is 120 cm³/mol. The third-order valence-electron chi connectivity index (χ3n) is 5.37. The lowest BCUT2D eigenvalue weighted by atomic mass is 9.90. The Labute approximate surface area is 188 Å². The molecule has 0 radical (unpaired) electrons. The first-order valence-corrected chi connectivity index (χ1v) is 10.5. The summed E-state index contributed by atoms with van der Waals surface area (Å²) in [6.45, 7) is 2.55. The fourth-order valence-electron chi connectivity index (χ4n) is 3.58. The van der Waals surface area contributed by atoms with Crippen LogP contribution in [0.2, 0.25) is 0 Å². The monoisotopic (exact) mass is 449 g/mol. The van der Waals surface area contributed by atoms with Crippen molar-refractivity contribution < 1.29 is 14.6 Å². The highest BCUT2D eigenvalue weighted by Gasteiger charge is 2.15. The zero-order valence-electron chi connectivity index (χ0n) is 17.9. The van der Waals surface area contributed by atoms with Crippen LogP contribution in [0.5, 0.6) is 11.6 Å². The molecule has 1 atom stereocenters. The maximum atomic E-state index is 12.5. The summed E-state index contributed by atoms with van der Waals surface area (Å²) in [6, 6.07) is 11.1. The Morgan fingerprint density at radius 3 is 2.70 bits per heavy atom. The average molecular weight is 449 g/mol. The van der Waals surface area contributed by atoms with Crippen molar-refractivity contribution in [2.75, 3.05) is 0 Å². The van der Waals surface area contributed by atoms with Crippen molar-refractivity contribution in [2.45, 2.75) is 32.7 Å². The molecule has 170 valence electrons. The number of carbonyl (C=O) groups is 1. The molecule has 2 aromatic heterocycles. The van der Waals surface area contributed by atoms with Crippen LogP contribution in [-0.4, -0.2) is 30.6 Å². The minimum atomic E-state index is -1.14.